The predicted molar refractivity (Wildman–Crippen MR) is 54.6 cm³/mol. The van der Waals surface area contributed by atoms with Crippen LogP contribution in [-0.4, -0.2) is 11.9 Å². The summed E-state index contributed by atoms with van der Waals surface area (Å²) in [5.41, 5.74) is 7.79. The van der Waals surface area contributed by atoms with E-state index in [4.69, 9.17) is 5.73 Å². The van der Waals surface area contributed by atoms with Crippen molar-refractivity contribution in [1.82, 2.24) is 5.32 Å². The third-order valence-electron chi connectivity index (χ3n) is 1.83. The van der Waals surface area contributed by atoms with E-state index in [1.165, 1.54) is 11.1 Å². The number of thiophene rings is 1. The lowest BCUT2D eigenvalue weighted by atomic mass is 10.2. The molecule has 0 aliphatic rings. The van der Waals surface area contributed by atoms with Crippen molar-refractivity contribution < 1.29 is 4.79 Å². The molecule has 0 radical (unpaired) electrons. The second kappa shape index (κ2) is 4.39. The monoisotopic (exact) mass is 198 g/mol. The van der Waals surface area contributed by atoms with Crippen molar-refractivity contribution >= 4 is 17.2 Å². The zero-order valence-corrected chi connectivity index (χ0v) is 8.65. The van der Waals surface area contributed by atoms with E-state index in [9.17, 15) is 4.79 Å². The fourth-order valence-electron chi connectivity index (χ4n) is 0.911. The van der Waals surface area contributed by atoms with Crippen LogP contribution >= 0.6 is 11.3 Å². The van der Waals surface area contributed by atoms with Crippen molar-refractivity contribution in [3.05, 3.63) is 21.9 Å². The number of aryl methyl sites for hydroxylation is 1. The Morgan fingerprint density at radius 3 is 2.85 bits per heavy atom. The topological polar surface area (TPSA) is 55.1 Å². The van der Waals surface area contributed by atoms with Crippen molar-refractivity contribution in [2.75, 3.05) is 0 Å². The quantitative estimate of drug-likeness (QED) is 0.762. The molecule has 13 heavy (non-hydrogen) atoms. The van der Waals surface area contributed by atoms with Gasteiger partial charge in [-0.05, 0) is 35.7 Å². The lowest BCUT2D eigenvalue weighted by molar-refractivity contribution is -0.122. The Morgan fingerprint density at radius 2 is 2.38 bits per heavy atom. The lowest BCUT2D eigenvalue weighted by Crippen LogP contribution is -2.37. The summed E-state index contributed by atoms with van der Waals surface area (Å²) in [4.78, 5) is 11.1. The molecule has 0 fully saturated rings. The minimum atomic E-state index is -0.432. The van der Waals surface area contributed by atoms with Crippen molar-refractivity contribution in [3.63, 3.8) is 0 Å². The number of rotatable bonds is 3. The molecule has 72 valence electrons. The summed E-state index contributed by atoms with van der Waals surface area (Å²) in [6.45, 7) is 4.29. The van der Waals surface area contributed by atoms with Crippen LogP contribution in [0.4, 0.5) is 0 Å². The molecule has 0 bridgehead atoms. The summed E-state index contributed by atoms with van der Waals surface area (Å²) in [6.07, 6.45) is 0. The van der Waals surface area contributed by atoms with Gasteiger partial charge in [0, 0.05) is 6.54 Å². The van der Waals surface area contributed by atoms with Gasteiger partial charge < -0.3 is 11.1 Å². The minimum absolute atomic E-state index is 0.106. The molecule has 1 atom stereocenters. The summed E-state index contributed by atoms with van der Waals surface area (Å²) >= 11 is 1.64. The molecular formula is C9H14N2OS. The van der Waals surface area contributed by atoms with Gasteiger partial charge in [-0.1, -0.05) is 0 Å². The third kappa shape index (κ3) is 2.82. The van der Waals surface area contributed by atoms with Crippen LogP contribution < -0.4 is 11.1 Å². The van der Waals surface area contributed by atoms with E-state index in [1.807, 2.05) is 12.3 Å². The number of carbonyl (C=O) groups excluding carboxylic acids is 1. The van der Waals surface area contributed by atoms with Crippen molar-refractivity contribution in [2.45, 2.75) is 26.4 Å². The largest absolute Gasteiger partial charge is 0.351 e. The van der Waals surface area contributed by atoms with E-state index >= 15 is 0 Å². The van der Waals surface area contributed by atoms with Gasteiger partial charge >= 0.3 is 0 Å². The maximum Gasteiger partial charge on any atom is 0.236 e. The summed E-state index contributed by atoms with van der Waals surface area (Å²) < 4.78 is 0. The van der Waals surface area contributed by atoms with Gasteiger partial charge in [0.2, 0.25) is 5.91 Å². The van der Waals surface area contributed by atoms with Gasteiger partial charge in [0.25, 0.3) is 0 Å². The van der Waals surface area contributed by atoms with Gasteiger partial charge in [0.05, 0.1) is 6.04 Å². The highest BCUT2D eigenvalue weighted by atomic mass is 32.1. The van der Waals surface area contributed by atoms with Gasteiger partial charge in [0.1, 0.15) is 0 Å². The van der Waals surface area contributed by atoms with E-state index in [0.29, 0.717) is 6.54 Å². The van der Waals surface area contributed by atoms with Crippen LogP contribution in [0.5, 0.6) is 0 Å². The second-order valence-corrected chi connectivity index (χ2v) is 3.83. The molecule has 1 heterocycles. The first-order valence-corrected chi connectivity index (χ1v) is 5.10. The van der Waals surface area contributed by atoms with Crippen LogP contribution in [0.25, 0.3) is 0 Å². The highest BCUT2D eigenvalue weighted by molar-refractivity contribution is 7.08. The highest BCUT2D eigenvalue weighted by Crippen LogP contribution is 2.12. The average molecular weight is 198 g/mol. The van der Waals surface area contributed by atoms with Gasteiger partial charge in [-0.2, -0.15) is 11.3 Å². The zero-order chi connectivity index (χ0) is 9.84. The first-order chi connectivity index (χ1) is 6.11. The first kappa shape index (κ1) is 10.2. The Kier molecular flexibility index (Phi) is 3.45. The Hall–Kier alpha value is -0.870. The Morgan fingerprint density at radius 1 is 1.69 bits per heavy atom. The van der Waals surface area contributed by atoms with Crippen LogP contribution in [-0.2, 0) is 11.3 Å². The van der Waals surface area contributed by atoms with Gasteiger partial charge in [-0.15, -0.1) is 0 Å². The Bertz CT molecular complexity index is 294. The van der Waals surface area contributed by atoms with E-state index < -0.39 is 6.04 Å². The van der Waals surface area contributed by atoms with Crippen molar-refractivity contribution in [1.29, 1.82) is 0 Å². The molecule has 3 nitrogen and oxygen atoms in total. The smallest absolute Gasteiger partial charge is 0.236 e. The maximum absolute atomic E-state index is 11.1. The maximum atomic E-state index is 11.1. The molecule has 0 aliphatic heterocycles. The standard InChI is InChI=1S/C9H14N2OS/c1-6-4-13-5-8(6)3-11-9(12)7(2)10/h4-5,7H,3,10H2,1-2H3,(H,11,12). The van der Waals surface area contributed by atoms with Crippen LogP contribution in [0.3, 0.4) is 0 Å². The average Bonchev–Trinajstić information content (AvgIpc) is 2.47. The normalized spacial score (nSPS) is 12.5. The number of nitrogens with one attached hydrogen (secondary N) is 1. The molecule has 1 amide bonds. The summed E-state index contributed by atoms with van der Waals surface area (Å²) in [7, 11) is 0. The molecule has 0 saturated heterocycles. The van der Waals surface area contributed by atoms with E-state index in [0.717, 1.165) is 0 Å². The van der Waals surface area contributed by atoms with Crippen LogP contribution in [0.1, 0.15) is 18.1 Å². The Labute approximate surface area is 81.9 Å². The minimum Gasteiger partial charge on any atom is -0.351 e. The number of hydrogen-bond acceptors (Lipinski definition) is 3. The first-order valence-electron chi connectivity index (χ1n) is 4.16. The van der Waals surface area contributed by atoms with E-state index in [1.54, 1.807) is 18.3 Å². The predicted octanol–water partition coefficient (Wildman–Crippen LogP) is 1.02. The molecule has 1 aromatic rings. The number of carbonyl (C=O) groups is 1. The SMILES string of the molecule is Cc1cscc1CNC(=O)C(C)N. The second-order valence-electron chi connectivity index (χ2n) is 3.09. The van der Waals surface area contributed by atoms with E-state index in [-0.39, 0.29) is 5.91 Å². The third-order valence-corrected chi connectivity index (χ3v) is 2.74. The zero-order valence-electron chi connectivity index (χ0n) is 7.83. The fourth-order valence-corrected chi connectivity index (χ4v) is 1.77. The molecule has 0 aliphatic carbocycles. The molecule has 1 unspecified atom stereocenters. The highest BCUT2D eigenvalue weighted by Gasteiger charge is 2.07. The van der Waals surface area contributed by atoms with E-state index in [2.05, 4.69) is 10.7 Å². The molecule has 1 rings (SSSR count). The van der Waals surface area contributed by atoms with Crippen molar-refractivity contribution in [3.8, 4) is 0 Å². The van der Waals surface area contributed by atoms with Crippen LogP contribution in [0.2, 0.25) is 0 Å². The summed E-state index contributed by atoms with van der Waals surface area (Å²) in [5, 5.41) is 6.87. The van der Waals surface area contributed by atoms with Gasteiger partial charge in [-0.3, -0.25) is 4.79 Å². The number of hydrogen-bond donors (Lipinski definition) is 2. The van der Waals surface area contributed by atoms with Gasteiger partial charge in [0.15, 0.2) is 0 Å². The lowest BCUT2D eigenvalue weighted by Gasteiger charge is -2.06. The molecule has 1 aromatic heterocycles. The Balaban J connectivity index is 2.44. The summed E-state index contributed by atoms with van der Waals surface area (Å²) in [5.74, 6) is -0.106. The van der Waals surface area contributed by atoms with Crippen LogP contribution in [0.15, 0.2) is 10.8 Å². The number of nitrogens with two attached hydrogens (primary N) is 1. The summed E-state index contributed by atoms with van der Waals surface area (Å²) in [6, 6.07) is -0.432. The van der Waals surface area contributed by atoms with Crippen LogP contribution in [0, 0.1) is 6.92 Å². The molecule has 3 N–H and O–H groups in total. The molecular weight excluding hydrogens is 184 g/mol. The number of amides is 1. The molecule has 0 saturated carbocycles. The molecule has 0 spiro atoms. The van der Waals surface area contributed by atoms with Crippen molar-refractivity contribution in [2.24, 2.45) is 5.73 Å². The van der Waals surface area contributed by atoms with Gasteiger partial charge in [-0.25, -0.2) is 0 Å². The fraction of sp³-hybridized carbons (Fsp3) is 0.444. The molecule has 0 aromatic carbocycles. The molecule has 4 heteroatoms.